The lowest BCUT2D eigenvalue weighted by molar-refractivity contribution is -0.126. The molecule has 0 aromatic heterocycles. The van der Waals surface area contributed by atoms with Crippen molar-refractivity contribution in [1.82, 2.24) is 10.2 Å². The van der Waals surface area contributed by atoms with Crippen LogP contribution in [-0.4, -0.2) is 42.0 Å². The van der Waals surface area contributed by atoms with E-state index in [-0.39, 0.29) is 24.4 Å². The third kappa shape index (κ3) is 6.09. The molecule has 3 aromatic rings. The van der Waals surface area contributed by atoms with Gasteiger partial charge in [0.15, 0.2) is 12.1 Å². The Balaban J connectivity index is 1.54. The van der Waals surface area contributed by atoms with Crippen LogP contribution < -0.4 is 15.4 Å². The van der Waals surface area contributed by atoms with Crippen molar-refractivity contribution in [2.45, 2.75) is 45.5 Å². The van der Waals surface area contributed by atoms with Gasteiger partial charge in [-0.3, -0.25) is 14.5 Å². The van der Waals surface area contributed by atoms with Gasteiger partial charge >= 0.3 is 6.09 Å². The molecule has 192 valence electrons. The molecule has 37 heavy (non-hydrogen) atoms. The van der Waals surface area contributed by atoms with Gasteiger partial charge in [-0.15, -0.1) is 0 Å². The topological polar surface area (TPSA) is 97.0 Å². The molecule has 2 atom stereocenters. The lowest BCUT2D eigenvalue weighted by atomic mass is 10.00. The highest BCUT2D eigenvalue weighted by Gasteiger charge is 2.47. The number of anilines is 1. The molecule has 3 aromatic carbocycles. The van der Waals surface area contributed by atoms with Crippen LogP contribution in [0.15, 0.2) is 72.8 Å². The molecule has 0 bridgehead atoms. The first-order chi connectivity index (χ1) is 17.7. The second kappa shape index (κ2) is 11.2. The number of carbonyl (C=O) groups excluding carboxylic acids is 3. The van der Waals surface area contributed by atoms with E-state index < -0.39 is 18.2 Å². The molecule has 3 amide bonds. The van der Waals surface area contributed by atoms with Gasteiger partial charge in [0.2, 0.25) is 5.91 Å². The van der Waals surface area contributed by atoms with Crippen LogP contribution in [0.5, 0.6) is 5.75 Å². The van der Waals surface area contributed by atoms with Crippen LogP contribution in [0, 0.1) is 6.92 Å². The summed E-state index contributed by atoms with van der Waals surface area (Å²) >= 11 is 0. The van der Waals surface area contributed by atoms with E-state index in [1.54, 1.807) is 55.6 Å². The fourth-order valence-electron chi connectivity index (χ4n) is 4.19. The summed E-state index contributed by atoms with van der Waals surface area (Å²) in [6.07, 6.45) is -1.34. The number of nitrogens with one attached hydrogen (secondary N) is 2. The van der Waals surface area contributed by atoms with Crippen molar-refractivity contribution in [3.8, 4) is 5.75 Å². The van der Waals surface area contributed by atoms with Gasteiger partial charge in [-0.25, -0.2) is 4.79 Å². The van der Waals surface area contributed by atoms with Crippen molar-refractivity contribution in [2.24, 2.45) is 0 Å². The molecule has 0 spiro atoms. The molecule has 1 fully saturated rings. The van der Waals surface area contributed by atoms with E-state index in [9.17, 15) is 14.4 Å². The summed E-state index contributed by atoms with van der Waals surface area (Å²) in [6, 6.07) is 20.7. The van der Waals surface area contributed by atoms with Gasteiger partial charge in [0.1, 0.15) is 5.75 Å². The van der Waals surface area contributed by atoms with E-state index >= 15 is 0 Å². The van der Waals surface area contributed by atoms with Crippen LogP contribution in [0.1, 0.15) is 47.0 Å². The Morgan fingerprint density at radius 1 is 1.03 bits per heavy atom. The van der Waals surface area contributed by atoms with Gasteiger partial charge in [-0.2, -0.15) is 0 Å². The van der Waals surface area contributed by atoms with Gasteiger partial charge in [0, 0.05) is 17.3 Å². The highest BCUT2D eigenvalue weighted by Crippen LogP contribution is 2.34. The van der Waals surface area contributed by atoms with Crippen molar-refractivity contribution in [1.29, 1.82) is 0 Å². The molecule has 1 aliphatic heterocycles. The number of carbonyl (C=O) groups is 3. The molecule has 8 nitrogen and oxygen atoms in total. The van der Waals surface area contributed by atoms with Gasteiger partial charge in [-0.1, -0.05) is 48.0 Å². The SMILES string of the molecule is COc1cccc(C(=O)Nc2ccc(C3OC(=O)N(Cc4ccc(C)cc4)C3C(=O)NC(C)C)cc2)c1. The van der Waals surface area contributed by atoms with Crippen LogP contribution in [-0.2, 0) is 16.1 Å². The second-order valence-corrected chi connectivity index (χ2v) is 9.33. The quantitative estimate of drug-likeness (QED) is 0.460. The minimum Gasteiger partial charge on any atom is -0.497 e. The Labute approximate surface area is 216 Å². The van der Waals surface area contributed by atoms with Crippen molar-refractivity contribution >= 4 is 23.6 Å². The number of ether oxygens (including phenoxy) is 2. The molecular weight excluding hydrogens is 470 g/mol. The van der Waals surface area contributed by atoms with E-state index in [4.69, 9.17) is 9.47 Å². The van der Waals surface area contributed by atoms with Gasteiger partial charge in [-0.05, 0) is 62.2 Å². The number of benzene rings is 3. The summed E-state index contributed by atoms with van der Waals surface area (Å²) in [4.78, 5) is 40.2. The van der Waals surface area contributed by atoms with Crippen molar-refractivity contribution in [3.05, 3.63) is 95.1 Å². The van der Waals surface area contributed by atoms with Crippen LogP contribution in [0.4, 0.5) is 10.5 Å². The normalized spacial score (nSPS) is 16.9. The Morgan fingerprint density at radius 2 is 1.73 bits per heavy atom. The molecule has 0 saturated carbocycles. The molecule has 0 aliphatic carbocycles. The number of nitrogens with zero attached hydrogens (tertiary/aromatic N) is 1. The molecule has 1 saturated heterocycles. The van der Waals surface area contributed by atoms with E-state index in [1.807, 2.05) is 45.0 Å². The summed E-state index contributed by atoms with van der Waals surface area (Å²) in [6.45, 7) is 5.98. The predicted octanol–water partition coefficient (Wildman–Crippen LogP) is 4.84. The summed E-state index contributed by atoms with van der Waals surface area (Å²) in [5.74, 6) is 0.0257. The average molecular weight is 502 g/mol. The van der Waals surface area contributed by atoms with Crippen molar-refractivity contribution < 1.29 is 23.9 Å². The number of hydrogen-bond donors (Lipinski definition) is 2. The van der Waals surface area contributed by atoms with Gasteiger partial charge < -0.3 is 20.1 Å². The minimum absolute atomic E-state index is 0.0979. The van der Waals surface area contributed by atoms with Gasteiger partial charge in [0.05, 0.1) is 13.7 Å². The number of amides is 3. The maximum atomic E-state index is 13.2. The zero-order chi connectivity index (χ0) is 26.5. The van der Waals surface area contributed by atoms with E-state index in [0.29, 0.717) is 22.6 Å². The Kier molecular flexibility index (Phi) is 7.77. The Bertz CT molecular complexity index is 1270. The number of rotatable bonds is 8. The molecule has 2 N–H and O–H groups in total. The third-order valence-corrected chi connectivity index (χ3v) is 6.09. The molecule has 1 heterocycles. The first-order valence-corrected chi connectivity index (χ1v) is 12.1. The van der Waals surface area contributed by atoms with Crippen LogP contribution in [0.2, 0.25) is 0 Å². The number of cyclic esters (lactones) is 1. The van der Waals surface area contributed by atoms with Crippen LogP contribution >= 0.6 is 0 Å². The van der Waals surface area contributed by atoms with Crippen LogP contribution in [0.3, 0.4) is 0 Å². The standard InChI is InChI=1S/C29H31N3O5/c1-18(2)30-28(34)25-26(37-29(35)32(25)17-20-10-8-19(3)9-11-20)21-12-14-23(15-13-21)31-27(33)22-6-5-7-24(16-22)36-4/h5-16,18,25-26H,17H2,1-4H3,(H,30,34)(H,31,33). The highest BCUT2D eigenvalue weighted by molar-refractivity contribution is 6.04. The largest absolute Gasteiger partial charge is 0.497 e. The number of aryl methyl sites for hydroxylation is 1. The molecular formula is C29H31N3O5. The number of methoxy groups -OCH3 is 1. The maximum Gasteiger partial charge on any atom is 0.411 e. The fourth-order valence-corrected chi connectivity index (χ4v) is 4.19. The first-order valence-electron chi connectivity index (χ1n) is 12.1. The molecule has 8 heteroatoms. The maximum absolute atomic E-state index is 13.2. The smallest absolute Gasteiger partial charge is 0.411 e. The molecule has 2 unspecified atom stereocenters. The summed E-state index contributed by atoms with van der Waals surface area (Å²) in [7, 11) is 1.54. The highest BCUT2D eigenvalue weighted by atomic mass is 16.6. The lowest BCUT2D eigenvalue weighted by Crippen LogP contribution is -2.48. The van der Waals surface area contributed by atoms with E-state index in [2.05, 4.69) is 10.6 Å². The third-order valence-electron chi connectivity index (χ3n) is 6.09. The zero-order valence-corrected chi connectivity index (χ0v) is 21.4. The Morgan fingerprint density at radius 3 is 2.38 bits per heavy atom. The molecule has 1 aliphatic rings. The minimum atomic E-state index is -0.839. The molecule has 4 rings (SSSR count). The number of hydrogen-bond acceptors (Lipinski definition) is 5. The first kappa shape index (κ1) is 25.8. The van der Waals surface area contributed by atoms with E-state index in [1.165, 1.54) is 4.90 Å². The monoisotopic (exact) mass is 501 g/mol. The van der Waals surface area contributed by atoms with E-state index in [0.717, 1.165) is 11.1 Å². The van der Waals surface area contributed by atoms with Crippen LogP contribution in [0.25, 0.3) is 0 Å². The van der Waals surface area contributed by atoms with Gasteiger partial charge in [0.25, 0.3) is 5.91 Å². The predicted molar refractivity (Wildman–Crippen MR) is 140 cm³/mol. The molecule has 0 radical (unpaired) electrons. The summed E-state index contributed by atoms with van der Waals surface area (Å²) < 4.78 is 10.9. The lowest BCUT2D eigenvalue weighted by Gasteiger charge is -2.25. The van der Waals surface area contributed by atoms with Crippen molar-refractivity contribution in [2.75, 3.05) is 12.4 Å². The zero-order valence-electron chi connectivity index (χ0n) is 21.4. The summed E-state index contributed by atoms with van der Waals surface area (Å²) in [5.41, 5.74) is 3.70. The summed E-state index contributed by atoms with van der Waals surface area (Å²) in [5, 5.41) is 5.76. The second-order valence-electron chi connectivity index (χ2n) is 9.33. The van der Waals surface area contributed by atoms with Crippen molar-refractivity contribution in [3.63, 3.8) is 0 Å². The Hall–Kier alpha value is -4.33. The fraction of sp³-hybridized carbons (Fsp3) is 0.276. The average Bonchev–Trinajstić information content (AvgIpc) is 3.21.